The molecular weight excluding hydrogens is 184 g/mol. The number of aliphatic carboxylic acids is 2. The lowest BCUT2D eigenvalue weighted by Gasteiger charge is -2.45. The maximum atomic E-state index is 10.9. The van der Waals surface area contributed by atoms with Crippen LogP contribution in [-0.4, -0.2) is 11.9 Å². The zero-order valence-electron chi connectivity index (χ0n) is 7.94. The van der Waals surface area contributed by atoms with Crippen LogP contribution < -0.4 is 10.2 Å². The van der Waals surface area contributed by atoms with Gasteiger partial charge in [0.1, 0.15) is 0 Å². The predicted molar refractivity (Wildman–Crippen MR) is 44.5 cm³/mol. The van der Waals surface area contributed by atoms with Gasteiger partial charge in [-0.15, -0.1) is 0 Å². The first-order valence-corrected chi connectivity index (χ1v) is 4.14. The van der Waals surface area contributed by atoms with Crippen LogP contribution in [0.25, 0.3) is 0 Å². The number of carboxylic acids is 2. The highest BCUT2D eigenvalue weighted by Crippen LogP contribution is 2.43. The third kappa shape index (κ3) is 1.14. The number of hydrogen-bond acceptors (Lipinski definition) is 4. The van der Waals surface area contributed by atoms with Crippen LogP contribution in [0.3, 0.4) is 0 Å². The minimum Gasteiger partial charge on any atom is -0.549 e. The van der Waals surface area contributed by atoms with E-state index in [-0.39, 0.29) is 0 Å². The van der Waals surface area contributed by atoms with Crippen LogP contribution in [0, 0.1) is 10.8 Å². The van der Waals surface area contributed by atoms with E-state index in [1.54, 1.807) is 0 Å². The Kier molecular flexibility index (Phi) is 2.23. The van der Waals surface area contributed by atoms with Crippen molar-refractivity contribution < 1.29 is 19.8 Å². The molecule has 1 rings (SSSR count). The summed E-state index contributed by atoms with van der Waals surface area (Å²) in [5, 5.41) is 21.8. The van der Waals surface area contributed by atoms with Gasteiger partial charge in [-0.3, -0.25) is 0 Å². The van der Waals surface area contributed by atoms with Crippen LogP contribution in [-0.2, 0) is 9.59 Å². The molecule has 0 radical (unpaired) electrons. The lowest BCUT2D eigenvalue weighted by molar-refractivity contribution is -0.336. The van der Waals surface area contributed by atoms with Crippen LogP contribution in [0.5, 0.6) is 0 Å². The third-order valence-electron chi connectivity index (χ3n) is 2.90. The van der Waals surface area contributed by atoms with Crippen molar-refractivity contribution >= 4 is 11.9 Å². The molecule has 0 N–H and O–H groups in total. The quantitative estimate of drug-likeness (QED) is 0.543. The molecule has 76 valence electrons. The summed E-state index contributed by atoms with van der Waals surface area (Å²) in [4.78, 5) is 21.8. The molecule has 14 heavy (non-hydrogen) atoms. The topological polar surface area (TPSA) is 80.3 Å². The maximum Gasteiger partial charge on any atom is 0.0523 e. The van der Waals surface area contributed by atoms with Crippen molar-refractivity contribution in [3.05, 3.63) is 24.3 Å². The molecule has 4 nitrogen and oxygen atoms in total. The van der Waals surface area contributed by atoms with Gasteiger partial charge in [0.25, 0.3) is 0 Å². The van der Waals surface area contributed by atoms with Crippen molar-refractivity contribution in [1.29, 1.82) is 0 Å². The van der Waals surface area contributed by atoms with Gasteiger partial charge in [0.2, 0.25) is 0 Å². The first-order valence-electron chi connectivity index (χ1n) is 4.14. The van der Waals surface area contributed by atoms with Crippen molar-refractivity contribution in [3.63, 3.8) is 0 Å². The van der Waals surface area contributed by atoms with Gasteiger partial charge >= 0.3 is 0 Å². The van der Waals surface area contributed by atoms with E-state index < -0.39 is 22.8 Å². The molecule has 0 aromatic carbocycles. The molecule has 0 aliphatic heterocycles. The Morgan fingerprint density at radius 2 is 1.21 bits per heavy atom. The Morgan fingerprint density at radius 1 is 0.929 bits per heavy atom. The van der Waals surface area contributed by atoms with Gasteiger partial charge in [-0.1, -0.05) is 24.3 Å². The molecular formula is C10H10O4-2. The molecule has 1 aliphatic rings. The average molecular weight is 194 g/mol. The molecule has 0 saturated carbocycles. The average Bonchev–Trinajstić information content (AvgIpc) is 2.09. The normalized spacial score (nSPS) is 35.6. The molecule has 2 unspecified atom stereocenters. The van der Waals surface area contributed by atoms with Crippen LogP contribution >= 0.6 is 0 Å². The summed E-state index contributed by atoms with van der Waals surface area (Å²) < 4.78 is 0. The van der Waals surface area contributed by atoms with Crippen molar-refractivity contribution in [3.8, 4) is 0 Å². The van der Waals surface area contributed by atoms with E-state index in [9.17, 15) is 19.8 Å². The van der Waals surface area contributed by atoms with Crippen molar-refractivity contribution in [1.82, 2.24) is 0 Å². The zero-order chi connectivity index (χ0) is 11.0. The van der Waals surface area contributed by atoms with Crippen molar-refractivity contribution in [2.24, 2.45) is 10.8 Å². The minimum atomic E-state index is -1.57. The molecule has 0 saturated heterocycles. The van der Waals surface area contributed by atoms with Crippen molar-refractivity contribution in [2.45, 2.75) is 13.8 Å². The maximum absolute atomic E-state index is 10.9. The molecule has 2 atom stereocenters. The van der Waals surface area contributed by atoms with E-state index in [0.717, 1.165) is 0 Å². The summed E-state index contributed by atoms with van der Waals surface area (Å²) in [6.45, 7) is 2.61. The molecule has 0 bridgehead atoms. The lowest BCUT2D eigenvalue weighted by Crippen LogP contribution is -2.56. The van der Waals surface area contributed by atoms with Gasteiger partial charge in [-0.2, -0.15) is 0 Å². The molecule has 1 aliphatic carbocycles. The highest BCUT2D eigenvalue weighted by atomic mass is 16.4. The van der Waals surface area contributed by atoms with E-state index in [0.29, 0.717) is 0 Å². The zero-order valence-corrected chi connectivity index (χ0v) is 7.94. The number of carboxylic acid groups (broad SMARTS) is 2. The Morgan fingerprint density at radius 3 is 1.43 bits per heavy atom. The largest absolute Gasteiger partial charge is 0.549 e. The van der Waals surface area contributed by atoms with E-state index >= 15 is 0 Å². The molecule has 0 aromatic heterocycles. The number of carbonyl (C=O) groups excluding carboxylic acids is 2. The van der Waals surface area contributed by atoms with E-state index in [2.05, 4.69) is 0 Å². The third-order valence-corrected chi connectivity index (χ3v) is 2.90. The SMILES string of the molecule is CC1(C(=O)[O-])C=CC=CC1(C)C(=O)[O-]. The summed E-state index contributed by atoms with van der Waals surface area (Å²) in [7, 11) is 0. The summed E-state index contributed by atoms with van der Waals surface area (Å²) in [5.74, 6) is -2.85. The second-order valence-electron chi connectivity index (χ2n) is 3.70. The van der Waals surface area contributed by atoms with Gasteiger partial charge in [-0.05, 0) is 13.8 Å². The lowest BCUT2D eigenvalue weighted by atomic mass is 9.63. The first kappa shape index (κ1) is 10.5. The van der Waals surface area contributed by atoms with Crippen LogP contribution in [0.1, 0.15) is 13.8 Å². The van der Waals surface area contributed by atoms with Crippen LogP contribution in [0.15, 0.2) is 24.3 Å². The fraction of sp³-hybridized carbons (Fsp3) is 0.400. The van der Waals surface area contributed by atoms with E-state index in [1.165, 1.54) is 38.2 Å². The molecule has 4 heteroatoms. The van der Waals surface area contributed by atoms with Gasteiger partial charge in [0.05, 0.1) is 11.9 Å². The summed E-state index contributed by atoms with van der Waals surface area (Å²) in [5.41, 5.74) is -3.14. The highest BCUT2D eigenvalue weighted by Gasteiger charge is 2.44. The Bertz CT molecular complexity index is 308. The predicted octanol–water partition coefficient (Wildman–Crippen LogP) is -1.38. The summed E-state index contributed by atoms with van der Waals surface area (Å²) in [6.07, 6.45) is 5.58. The number of hydrogen-bond donors (Lipinski definition) is 0. The highest BCUT2D eigenvalue weighted by molar-refractivity contribution is 5.88. The first-order chi connectivity index (χ1) is 6.34. The van der Waals surface area contributed by atoms with E-state index in [1.807, 2.05) is 0 Å². The number of rotatable bonds is 2. The Balaban J connectivity index is 3.30. The number of carbonyl (C=O) groups is 2. The van der Waals surface area contributed by atoms with Crippen molar-refractivity contribution in [2.75, 3.05) is 0 Å². The molecule has 0 aromatic rings. The monoisotopic (exact) mass is 194 g/mol. The summed E-state index contributed by atoms with van der Waals surface area (Å²) in [6, 6.07) is 0. The molecule has 0 amide bonds. The van der Waals surface area contributed by atoms with Gasteiger partial charge in [0, 0.05) is 10.8 Å². The Labute approximate surface area is 81.6 Å². The second kappa shape index (κ2) is 2.97. The second-order valence-corrected chi connectivity index (χ2v) is 3.70. The van der Waals surface area contributed by atoms with Crippen LogP contribution in [0.2, 0.25) is 0 Å². The van der Waals surface area contributed by atoms with Gasteiger partial charge < -0.3 is 19.8 Å². The number of allylic oxidation sites excluding steroid dienone is 2. The Hall–Kier alpha value is -1.58. The smallest absolute Gasteiger partial charge is 0.0523 e. The van der Waals surface area contributed by atoms with Gasteiger partial charge in [0.15, 0.2) is 0 Å². The molecule has 0 fully saturated rings. The van der Waals surface area contributed by atoms with Gasteiger partial charge in [-0.25, -0.2) is 0 Å². The molecule has 0 heterocycles. The fourth-order valence-electron chi connectivity index (χ4n) is 1.40. The standard InChI is InChI=1S/C10H12O4/c1-9(7(11)12)5-3-4-6-10(9,2)8(13)14/h3-6H,1-2H3,(H,11,12)(H,13,14)/p-2. The fourth-order valence-corrected chi connectivity index (χ4v) is 1.40. The van der Waals surface area contributed by atoms with Crippen LogP contribution in [0.4, 0.5) is 0 Å². The molecule has 0 spiro atoms. The summed E-state index contributed by atoms with van der Waals surface area (Å²) >= 11 is 0. The minimum absolute atomic E-state index is 1.30. The van der Waals surface area contributed by atoms with E-state index in [4.69, 9.17) is 0 Å².